The lowest BCUT2D eigenvalue weighted by atomic mass is 9.77. The van der Waals surface area contributed by atoms with Crippen molar-refractivity contribution in [1.82, 2.24) is 9.21 Å². The Labute approximate surface area is 161 Å². The van der Waals surface area contributed by atoms with Gasteiger partial charge in [-0.2, -0.15) is 4.31 Å². The minimum absolute atomic E-state index is 0.151. The van der Waals surface area contributed by atoms with Gasteiger partial charge in [-0.3, -0.25) is 0 Å². The average Bonchev–Trinajstić information content (AvgIpc) is 3.36. The van der Waals surface area contributed by atoms with E-state index in [1.807, 2.05) is 0 Å². The second-order valence-corrected chi connectivity index (χ2v) is 10.5. The first-order chi connectivity index (χ1) is 12.9. The van der Waals surface area contributed by atoms with Crippen molar-refractivity contribution in [1.29, 1.82) is 0 Å². The summed E-state index contributed by atoms with van der Waals surface area (Å²) in [6.07, 6.45) is 4.48. The van der Waals surface area contributed by atoms with Gasteiger partial charge in [0, 0.05) is 25.7 Å². The molecule has 1 saturated heterocycles. The third kappa shape index (κ3) is 3.92. The Hall–Kier alpha value is -1.02. The van der Waals surface area contributed by atoms with Gasteiger partial charge >= 0.3 is 0 Å². The number of ether oxygens (including phenoxy) is 1. The van der Waals surface area contributed by atoms with E-state index in [-0.39, 0.29) is 16.9 Å². The van der Waals surface area contributed by atoms with Crippen LogP contribution in [0.5, 0.6) is 0 Å². The summed E-state index contributed by atoms with van der Waals surface area (Å²) < 4.78 is 47.7. The molecule has 4 atom stereocenters. The molecule has 0 unspecified atom stereocenters. The van der Waals surface area contributed by atoms with Gasteiger partial charge in [0.2, 0.25) is 10.0 Å². The van der Waals surface area contributed by atoms with Crippen LogP contribution in [0, 0.1) is 23.6 Å². The van der Waals surface area contributed by atoms with Crippen LogP contribution in [0.4, 0.5) is 4.39 Å². The standard InChI is InChI=1S/C20H29FN2O3S/c1-22(2)18-9-15-11-23(27(24,25)20-6-4-3-5-17(20)21)12-16(15)10-19(18)26-13-14-7-8-14/h3-6,14-16,18-19H,7-13H2,1-2H3/t15-,16+,18-,19-/m1/s1. The number of rotatable bonds is 6. The summed E-state index contributed by atoms with van der Waals surface area (Å²) in [6, 6.07) is 5.96. The first-order valence-corrected chi connectivity index (χ1v) is 11.3. The van der Waals surface area contributed by atoms with E-state index in [4.69, 9.17) is 4.74 Å². The fourth-order valence-corrected chi connectivity index (χ4v) is 6.22. The lowest BCUT2D eigenvalue weighted by Gasteiger charge is -2.41. The number of fused-ring (bicyclic) bond motifs is 1. The molecule has 3 aliphatic rings. The minimum Gasteiger partial charge on any atom is -0.376 e. The topological polar surface area (TPSA) is 49.9 Å². The summed E-state index contributed by atoms with van der Waals surface area (Å²) in [7, 11) is 0.347. The second-order valence-electron chi connectivity index (χ2n) is 8.59. The van der Waals surface area contributed by atoms with E-state index in [9.17, 15) is 12.8 Å². The van der Waals surface area contributed by atoms with E-state index in [1.54, 1.807) is 6.07 Å². The predicted octanol–water partition coefficient (Wildman–Crippen LogP) is 2.58. The molecule has 0 spiro atoms. The molecule has 1 aliphatic heterocycles. The van der Waals surface area contributed by atoms with Gasteiger partial charge < -0.3 is 9.64 Å². The molecule has 2 aliphatic carbocycles. The quantitative estimate of drug-likeness (QED) is 0.742. The molecule has 0 bridgehead atoms. The molecule has 0 radical (unpaired) electrons. The number of nitrogens with zero attached hydrogens (tertiary/aromatic N) is 2. The molecule has 3 fully saturated rings. The Bertz CT molecular complexity index is 781. The molecule has 150 valence electrons. The van der Waals surface area contributed by atoms with Crippen LogP contribution in [0.15, 0.2) is 29.2 Å². The average molecular weight is 397 g/mol. The molecule has 4 rings (SSSR count). The van der Waals surface area contributed by atoms with E-state index in [0.29, 0.717) is 31.0 Å². The first-order valence-electron chi connectivity index (χ1n) is 9.89. The van der Waals surface area contributed by atoms with Crippen LogP contribution in [0.25, 0.3) is 0 Å². The lowest BCUT2D eigenvalue weighted by molar-refractivity contribution is -0.0493. The second kappa shape index (κ2) is 7.43. The maximum absolute atomic E-state index is 14.1. The molecule has 0 aromatic heterocycles. The summed E-state index contributed by atoms with van der Waals surface area (Å²) >= 11 is 0. The fourth-order valence-electron chi connectivity index (χ4n) is 4.60. The monoisotopic (exact) mass is 396 g/mol. The van der Waals surface area contributed by atoms with Gasteiger partial charge in [-0.25, -0.2) is 12.8 Å². The number of hydrogen-bond donors (Lipinski definition) is 0. The van der Waals surface area contributed by atoms with Crippen molar-refractivity contribution in [2.45, 2.75) is 42.7 Å². The first kappa shape index (κ1) is 19.3. The zero-order chi connectivity index (χ0) is 19.2. The molecule has 1 heterocycles. The Kier molecular flexibility index (Phi) is 5.31. The van der Waals surface area contributed by atoms with Gasteiger partial charge in [0.1, 0.15) is 10.7 Å². The van der Waals surface area contributed by atoms with E-state index in [2.05, 4.69) is 19.0 Å². The van der Waals surface area contributed by atoms with Crippen molar-refractivity contribution >= 4 is 10.0 Å². The van der Waals surface area contributed by atoms with Crippen molar-refractivity contribution in [3.63, 3.8) is 0 Å². The Morgan fingerprint density at radius 1 is 1.15 bits per heavy atom. The van der Waals surface area contributed by atoms with Crippen LogP contribution in [0.2, 0.25) is 0 Å². The van der Waals surface area contributed by atoms with Crippen molar-refractivity contribution < 1.29 is 17.5 Å². The van der Waals surface area contributed by atoms with Gasteiger partial charge in [0.25, 0.3) is 0 Å². The fraction of sp³-hybridized carbons (Fsp3) is 0.700. The highest BCUT2D eigenvalue weighted by atomic mass is 32.2. The van der Waals surface area contributed by atoms with Crippen LogP contribution in [-0.2, 0) is 14.8 Å². The number of likely N-dealkylation sites (N-methyl/N-ethyl adjacent to an activating group) is 1. The Morgan fingerprint density at radius 2 is 1.81 bits per heavy atom. The number of sulfonamides is 1. The van der Waals surface area contributed by atoms with E-state index < -0.39 is 15.8 Å². The van der Waals surface area contributed by atoms with Crippen molar-refractivity contribution in [3.8, 4) is 0 Å². The summed E-state index contributed by atoms with van der Waals surface area (Å²) in [5, 5.41) is 0. The molecular weight excluding hydrogens is 367 g/mol. The molecule has 2 saturated carbocycles. The Morgan fingerprint density at radius 3 is 2.44 bits per heavy atom. The number of hydrogen-bond acceptors (Lipinski definition) is 4. The van der Waals surface area contributed by atoms with Gasteiger partial charge in [-0.05, 0) is 69.7 Å². The van der Waals surface area contributed by atoms with Gasteiger partial charge in [-0.1, -0.05) is 12.1 Å². The minimum atomic E-state index is -3.79. The van der Waals surface area contributed by atoms with Crippen LogP contribution in [0.3, 0.4) is 0 Å². The summed E-state index contributed by atoms with van der Waals surface area (Å²) in [6.45, 7) is 1.76. The Balaban J connectivity index is 1.49. The van der Waals surface area contributed by atoms with Crippen molar-refractivity contribution in [2.75, 3.05) is 33.8 Å². The predicted molar refractivity (Wildman–Crippen MR) is 101 cm³/mol. The van der Waals surface area contributed by atoms with Gasteiger partial charge in [0.15, 0.2) is 0 Å². The lowest BCUT2D eigenvalue weighted by Crippen LogP contribution is -2.48. The molecule has 1 aromatic rings. The molecule has 1 aromatic carbocycles. The van der Waals surface area contributed by atoms with Crippen LogP contribution >= 0.6 is 0 Å². The zero-order valence-corrected chi connectivity index (χ0v) is 16.9. The van der Waals surface area contributed by atoms with Crippen molar-refractivity contribution in [2.24, 2.45) is 17.8 Å². The maximum atomic E-state index is 14.1. The smallest absolute Gasteiger partial charge is 0.246 e. The third-order valence-corrected chi connectivity index (χ3v) is 8.28. The third-order valence-electron chi connectivity index (χ3n) is 6.41. The summed E-state index contributed by atoms with van der Waals surface area (Å²) in [4.78, 5) is 2.00. The summed E-state index contributed by atoms with van der Waals surface area (Å²) in [5.74, 6) is 0.628. The molecule has 27 heavy (non-hydrogen) atoms. The molecule has 7 heteroatoms. The van der Waals surface area contributed by atoms with Crippen LogP contribution in [-0.4, -0.2) is 63.6 Å². The van der Waals surface area contributed by atoms with Gasteiger partial charge in [0.05, 0.1) is 6.10 Å². The van der Waals surface area contributed by atoms with E-state index >= 15 is 0 Å². The van der Waals surface area contributed by atoms with E-state index in [1.165, 1.54) is 35.3 Å². The van der Waals surface area contributed by atoms with Crippen molar-refractivity contribution in [3.05, 3.63) is 30.1 Å². The highest BCUT2D eigenvalue weighted by molar-refractivity contribution is 7.89. The molecule has 5 nitrogen and oxygen atoms in total. The highest BCUT2D eigenvalue weighted by Crippen LogP contribution is 2.41. The maximum Gasteiger partial charge on any atom is 0.246 e. The van der Waals surface area contributed by atoms with Crippen LogP contribution < -0.4 is 0 Å². The van der Waals surface area contributed by atoms with Gasteiger partial charge in [-0.15, -0.1) is 0 Å². The number of halogens is 1. The normalized spacial score (nSPS) is 32.0. The zero-order valence-electron chi connectivity index (χ0n) is 16.1. The summed E-state index contributed by atoms with van der Waals surface area (Å²) in [5.41, 5.74) is 0. The molecule has 0 amide bonds. The van der Waals surface area contributed by atoms with Crippen LogP contribution in [0.1, 0.15) is 25.7 Å². The largest absolute Gasteiger partial charge is 0.376 e. The molecule has 0 N–H and O–H groups in total. The SMILES string of the molecule is CN(C)[C@@H]1C[C@@H]2CN(S(=O)(=O)c3ccccc3F)C[C@@H]2C[C@H]1OCC1CC1. The molecular formula is C20H29FN2O3S. The highest BCUT2D eigenvalue weighted by Gasteiger charge is 2.47. The number of benzene rings is 1. The van der Waals surface area contributed by atoms with E-state index in [0.717, 1.165) is 19.4 Å².